The molecule has 3 rings (SSSR count). The van der Waals surface area contributed by atoms with Crippen molar-refractivity contribution in [2.45, 2.75) is 32.6 Å². The van der Waals surface area contributed by atoms with Crippen molar-refractivity contribution in [3.05, 3.63) is 36.0 Å². The number of ether oxygens (including phenoxy) is 2. The van der Waals surface area contributed by atoms with Gasteiger partial charge in [-0.25, -0.2) is 8.42 Å². The van der Waals surface area contributed by atoms with Crippen LogP contribution in [0.15, 0.2) is 30.5 Å². The molecular formula is C19H28N4O4S. The van der Waals surface area contributed by atoms with E-state index in [9.17, 15) is 8.42 Å². The predicted molar refractivity (Wildman–Crippen MR) is 108 cm³/mol. The second kappa shape index (κ2) is 9.04. The Hall–Kier alpha value is -1.94. The Bertz CT molecular complexity index is 874. The number of morpholine rings is 1. The topological polar surface area (TPSA) is 96.5 Å². The summed E-state index contributed by atoms with van der Waals surface area (Å²) in [5, 5.41) is 10.3. The number of rotatable bonds is 8. The Morgan fingerprint density at radius 2 is 2.07 bits per heavy atom. The third kappa shape index (κ3) is 5.11. The van der Waals surface area contributed by atoms with E-state index in [0.29, 0.717) is 26.2 Å². The van der Waals surface area contributed by atoms with Crippen molar-refractivity contribution < 1.29 is 17.9 Å². The first-order valence-electron chi connectivity index (χ1n) is 9.39. The number of sulfonamides is 1. The molecule has 0 radical (unpaired) electrons. The average Bonchev–Trinajstić information content (AvgIpc) is 3.13. The number of aromatic nitrogens is 2. The summed E-state index contributed by atoms with van der Waals surface area (Å²) in [4.78, 5) is 0. The number of nitrogens with zero attached hydrogens (tertiary/aromatic N) is 2. The predicted octanol–water partition coefficient (Wildman–Crippen LogP) is 1.61. The lowest BCUT2D eigenvalue weighted by Crippen LogP contribution is -2.49. The Morgan fingerprint density at radius 1 is 1.32 bits per heavy atom. The fraction of sp³-hybridized carbons (Fsp3) is 0.526. The second-order valence-corrected chi connectivity index (χ2v) is 9.16. The zero-order valence-corrected chi connectivity index (χ0v) is 17.3. The van der Waals surface area contributed by atoms with Crippen molar-refractivity contribution in [1.82, 2.24) is 19.8 Å². The van der Waals surface area contributed by atoms with Gasteiger partial charge in [0.25, 0.3) is 0 Å². The summed E-state index contributed by atoms with van der Waals surface area (Å²) in [6.07, 6.45) is 1.59. The molecule has 2 atom stereocenters. The molecule has 0 unspecified atom stereocenters. The highest BCUT2D eigenvalue weighted by Gasteiger charge is 2.30. The molecule has 0 spiro atoms. The largest absolute Gasteiger partial charge is 0.497 e. The van der Waals surface area contributed by atoms with Gasteiger partial charge in [-0.05, 0) is 26.0 Å². The van der Waals surface area contributed by atoms with E-state index in [2.05, 4.69) is 15.5 Å². The third-order valence-electron chi connectivity index (χ3n) is 4.71. The number of benzene rings is 1. The Morgan fingerprint density at radius 3 is 2.79 bits per heavy atom. The van der Waals surface area contributed by atoms with Gasteiger partial charge in [-0.3, -0.25) is 5.10 Å². The maximum atomic E-state index is 12.6. The molecule has 0 saturated carbocycles. The van der Waals surface area contributed by atoms with E-state index in [0.717, 1.165) is 22.6 Å². The van der Waals surface area contributed by atoms with Crippen molar-refractivity contribution >= 4 is 10.0 Å². The normalized spacial score (nSPS) is 21.0. The lowest BCUT2D eigenvalue weighted by atomic mass is 10.1. The zero-order valence-electron chi connectivity index (χ0n) is 16.5. The molecule has 1 aliphatic heterocycles. The van der Waals surface area contributed by atoms with Crippen LogP contribution in [0.4, 0.5) is 0 Å². The highest BCUT2D eigenvalue weighted by atomic mass is 32.2. The summed E-state index contributed by atoms with van der Waals surface area (Å²) in [5.41, 5.74) is 2.84. The van der Waals surface area contributed by atoms with Gasteiger partial charge < -0.3 is 14.8 Å². The van der Waals surface area contributed by atoms with Crippen LogP contribution < -0.4 is 10.1 Å². The smallest absolute Gasteiger partial charge is 0.215 e. The summed E-state index contributed by atoms with van der Waals surface area (Å²) in [5.74, 6) is 0.824. The number of hydrogen-bond donors (Lipinski definition) is 2. The van der Waals surface area contributed by atoms with Crippen LogP contribution in [0.1, 0.15) is 19.4 Å². The molecule has 8 nitrogen and oxygen atoms in total. The minimum atomic E-state index is -3.31. The highest BCUT2D eigenvalue weighted by Crippen LogP contribution is 2.24. The summed E-state index contributed by atoms with van der Waals surface area (Å²) in [6.45, 7) is 5.51. The highest BCUT2D eigenvalue weighted by molar-refractivity contribution is 7.89. The molecule has 1 aliphatic rings. The number of aromatic amines is 1. The van der Waals surface area contributed by atoms with E-state index >= 15 is 0 Å². The third-order valence-corrected chi connectivity index (χ3v) is 6.51. The van der Waals surface area contributed by atoms with Crippen molar-refractivity contribution in [2.24, 2.45) is 0 Å². The first kappa shape index (κ1) is 20.8. The van der Waals surface area contributed by atoms with Crippen LogP contribution >= 0.6 is 0 Å². The van der Waals surface area contributed by atoms with Crippen molar-refractivity contribution in [1.29, 1.82) is 0 Å². The molecule has 2 heterocycles. The van der Waals surface area contributed by atoms with Crippen LogP contribution in [0.3, 0.4) is 0 Å². The maximum absolute atomic E-state index is 12.6. The number of methoxy groups -OCH3 is 1. The molecule has 0 bridgehead atoms. The maximum Gasteiger partial charge on any atom is 0.215 e. The average molecular weight is 409 g/mol. The molecule has 0 aliphatic carbocycles. The van der Waals surface area contributed by atoms with E-state index in [1.807, 2.05) is 38.1 Å². The zero-order chi connectivity index (χ0) is 20.1. The Balaban J connectivity index is 1.55. The van der Waals surface area contributed by atoms with Gasteiger partial charge in [0.2, 0.25) is 10.0 Å². The van der Waals surface area contributed by atoms with Crippen LogP contribution in [0, 0.1) is 0 Å². The van der Waals surface area contributed by atoms with Gasteiger partial charge in [0, 0.05) is 37.3 Å². The fourth-order valence-corrected chi connectivity index (χ4v) is 4.92. The molecule has 0 amide bonds. The summed E-state index contributed by atoms with van der Waals surface area (Å²) < 4.78 is 37.6. The van der Waals surface area contributed by atoms with Gasteiger partial charge in [-0.15, -0.1) is 0 Å². The van der Waals surface area contributed by atoms with Crippen LogP contribution in [0.2, 0.25) is 0 Å². The molecule has 154 valence electrons. The van der Waals surface area contributed by atoms with Crippen LogP contribution in [-0.2, 0) is 21.3 Å². The molecule has 2 N–H and O–H groups in total. The van der Waals surface area contributed by atoms with Gasteiger partial charge in [0.15, 0.2) is 0 Å². The Labute approximate surface area is 166 Å². The van der Waals surface area contributed by atoms with Crippen molar-refractivity contribution in [3.8, 4) is 17.0 Å². The summed E-state index contributed by atoms with van der Waals surface area (Å²) in [7, 11) is -1.68. The second-order valence-electron chi connectivity index (χ2n) is 7.07. The quantitative estimate of drug-likeness (QED) is 0.645. The molecule has 1 fully saturated rings. The van der Waals surface area contributed by atoms with Crippen LogP contribution in [0.5, 0.6) is 5.75 Å². The minimum Gasteiger partial charge on any atom is -0.497 e. The van der Waals surface area contributed by atoms with Gasteiger partial charge in [-0.1, -0.05) is 12.1 Å². The van der Waals surface area contributed by atoms with Crippen LogP contribution in [-0.4, -0.2) is 67.6 Å². The van der Waals surface area contributed by atoms with E-state index in [1.54, 1.807) is 13.3 Å². The number of hydrogen-bond acceptors (Lipinski definition) is 6. The van der Waals surface area contributed by atoms with Crippen molar-refractivity contribution in [3.63, 3.8) is 0 Å². The summed E-state index contributed by atoms with van der Waals surface area (Å²) >= 11 is 0. The standard InChI is InChI=1S/C19H28N4O4S/c1-14-12-23(13-15(2)27-14)28(24,25)8-7-20-10-17-11-21-22-19(17)16-5-4-6-18(9-16)26-3/h4-6,9,11,14-15,20H,7-8,10,12-13H2,1-3H3,(H,21,22)/t14-,15+. The Kier molecular flexibility index (Phi) is 6.71. The van der Waals surface area contributed by atoms with E-state index in [-0.39, 0.29) is 18.0 Å². The molecular weight excluding hydrogens is 380 g/mol. The molecule has 1 aromatic carbocycles. The number of nitrogens with one attached hydrogen (secondary N) is 2. The van der Waals surface area contributed by atoms with Gasteiger partial charge in [0.05, 0.1) is 37.0 Å². The van der Waals surface area contributed by atoms with E-state index in [4.69, 9.17) is 9.47 Å². The van der Waals surface area contributed by atoms with Gasteiger partial charge in [0.1, 0.15) is 5.75 Å². The molecule has 1 aromatic heterocycles. The molecule has 2 aromatic rings. The fourth-order valence-electron chi connectivity index (χ4n) is 3.38. The lowest BCUT2D eigenvalue weighted by Gasteiger charge is -2.34. The van der Waals surface area contributed by atoms with E-state index in [1.165, 1.54) is 4.31 Å². The monoisotopic (exact) mass is 408 g/mol. The van der Waals surface area contributed by atoms with Gasteiger partial charge >= 0.3 is 0 Å². The minimum absolute atomic E-state index is 0.0543. The van der Waals surface area contributed by atoms with Gasteiger partial charge in [-0.2, -0.15) is 9.40 Å². The molecule has 9 heteroatoms. The first-order chi connectivity index (χ1) is 13.4. The molecule has 1 saturated heterocycles. The van der Waals surface area contributed by atoms with E-state index < -0.39 is 10.0 Å². The SMILES string of the molecule is COc1cccc(-c2[nH]ncc2CNCCS(=O)(=O)N2C[C@@H](C)O[C@@H](C)C2)c1. The lowest BCUT2D eigenvalue weighted by molar-refractivity contribution is -0.0440. The number of H-pyrrole nitrogens is 1. The summed E-state index contributed by atoms with van der Waals surface area (Å²) in [6, 6.07) is 7.71. The molecule has 28 heavy (non-hydrogen) atoms. The first-order valence-corrected chi connectivity index (χ1v) is 11.0. The van der Waals surface area contributed by atoms with Crippen LogP contribution in [0.25, 0.3) is 11.3 Å². The van der Waals surface area contributed by atoms with Crippen molar-refractivity contribution in [2.75, 3.05) is 32.5 Å².